The number of nitrogens with zero attached hydrogens (tertiary/aromatic N) is 1. The fourth-order valence-corrected chi connectivity index (χ4v) is 3.35. The third-order valence-electron chi connectivity index (χ3n) is 3.49. The molecule has 0 saturated heterocycles. The van der Waals surface area contributed by atoms with Crippen molar-refractivity contribution in [3.05, 3.63) is 53.1 Å². The topological polar surface area (TPSA) is 75.7 Å². The van der Waals surface area contributed by atoms with E-state index in [2.05, 4.69) is 5.32 Å². The Morgan fingerprint density at radius 3 is 2.56 bits per heavy atom. The predicted octanol–water partition coefficient (Wildman–Crippen LogP) is 2.78. The molecule has 25 heavy (non-hydrogen) atoms. The van der Waals surface area contributed by atoms with Crippen molar-refractivity contribution < 1.29 is 17.9 Å². The number of carbonyl (C=O) groups is 1. The molecular weight excluding hydrogens is 364 g/mol. The van der Waals surface area contributed by atoms with Gasteiger partial charge in [-0.15, -0.1) is 0 Å². The third-order valence-corrected chi connectivity index (χ3v) is 5.54. The van der Waals surface area contributed by atoms with Gasteiger partial charge >= 0.3 is 0 Å². The molecule has 0 unspecified atom stereocenters. The summed E-state index contributed by atoms with van der Waals surface area (Å²) >= 11 is 5.96. The van der Waals surface area contributed by atoms with Crippen molar-refractivity contribution >= 4 is 33.2 Å². The summed E-state index contributed by atoms with van der Waals surface area (Å²) in [7, 11) is 0.849. The summed E-state index contributed by atoms with van der Waals surface area (Å²) in [5, 5.41) is 3.19. The van der Waals surface area contributed by atoms with E-state index in [1.54, 1.807) is 30.3 Å². The van der Waals surface area contributed by atoms with Gasteiger partial charge < -0.3 is 10.1 Å². The first-order chi connectivity index (χ1) is 11.7. The summed E-state index contributed by atoms with van der Waals surface area (Å²) in [5.74, 6) is 0.253. The first-order valence-corrected chi connectivity index (χ1v) is 9.20. The Kier molecular flexibility index (Phi) is 6.05. The largest absolute Gasteiger partial charge is 0.496 e. The Balaban J connectivity index is 2.18. The summed E-state index contributed by atoms with van der Waals surface area (Å²) in [4.78, 5) is 12.4. The van der Waals surface area contributed by atoms with E-state index in [0.717, 1.165) is 4.31 Å². The van der Waals surface area contributed by atoms with E-state index in [1.807, 2.05) is 0 Å². The number of benzene rings is 2. The van der Waals surface area contributed by atoms with Crippen LogP contribution in [0.25, 0.3) is 0 Å². The van der Waals surface area contributed by atoms with E-state index in [-0.39, 0.29) is 17.2 Å². The highest BCUT2D eigenvalue weighted by Crippen LogP contribution is 2.24. The normalized spacial score (nSPS) is 11.4. The van der Waals surface area contributed by atoms with Crippen LogP contribution in [-0.4, -0.2) is 39.8 Å². The number of amides is 1. The van der Waals surface area contributed by atoms with E-state index in [1.165, 1.54) is 33.3 Å². The van der Waals surface area contributed by atoms with Crippen LogP contribution in [0.1, 0.15) is 5.56 Å². The molecule has 0 aromatic heterocycles. The van der Waals surface area contributed by atoms with Crippen LogP contribution in [0.5, 0.6) is 5.75 Å². The van der Waals surface area contributed by atoms with E-state index in [4.69, 9.17) is 16.3 Å². The van der Waals surface area contributed by atoms with Crippen LogP contribution < -0.4 is 10.1 Å². The second-order valence-corrected chi connectivity index (χ2v) is 8.08. The second-order valence-electron chi connectivity index (χ2n) is 5.50. The average Bonchev–Trinajstić information content (AvgIpc) is 2.55. The first kappa shape index (κ1) is 19.2. The lowest BCUT2D eigenvalue weighted by atomic mass is 10.1. The fourth-order valence-electron chi connectivity index (χ4n) is 2.21. The van der Waals surface area contributed by atoms with Crippen LogP contribution in [-0.2, 0) is 21.2 Å². The molecule has 0 aliphatic rings. The molecule has 0 aliphatic carbocycles. The highest BCUT2D eigenvalue weighted by Gasteiger charge is 2.18. The quantitative estimate of drug-likeness (QED) is 0.833. The van der Waals surface area contributed by atoms with Crippen molar-refractivity contribution in [1.29, 1.82) is 0 Å². The number of rotatable bonds is 6. The second kappa shape index (κ2) is 7.86. The minimum absolute atomic E-state index is 0.0500. The molecule has 0 spiro atoms. The molecule has 2 rings (SSSR count). The van der Waals surface area contributed by atoms with Crippen LogP contribution in [0.4, 0.5) is 5.69 Å². The van der Waals surface area contributed by atoms with E-state index in [9.17, 15) is 13.2 Å². The van der Waals surface area contributed by atoms with Crippen LogP contribution in [0.15, 0.2) is 47.4 Å². The Morgan fingerprint density at radius 2 is 1.92 bits per heavy atom. The minimum Gasteiger partial charge on any atom is -0.496 e. The molecular formula is C17H19ClN2O4S. The number of carbonyl (C=O) groups excluding carboxylic acids is 1. The molecule has 0 saturated carbocycles. The summed E-state index contributed by atoms with van der Waals surface area (Å²) in [6.07, 6.45) is 0.0500. The molecule has 6 nitrogen and oxygen atoms in total. The van der Waals surface area contributed by atoms with Crippen LogP contribution in [0.3, 0.4) is 0 Å². The van der Waals surface area contributed by atoms with Gasteiger partial charge in [0.2, 0.25) is 15.9 Å². The third kappa shape index (κ3) is 4.72. The molecule has 2 aromatic rings. The van der Waals surface area contributed by atoms with Crippen molar-refractivity contribution in [2.24, 2.45) is 0 Å². The molecule has 8 heteroatoms. The number of anilines is 1. The van der Waals surface area contributed by atoms with Crippen molar-refractivity contribution in [2.45, 2.75) is 11.3 Å². The van der Waals surface area contributed by atoms with Gasteiger partial charge in [0.1, 0.15) is 5.75 Å². The smallest absolute Gasteiger partial charge is 0.242 e. The maximum absolute atomic E-state index is 12.3. The lowest BCUT2D eigenvalue weighted by molar-refractivity contribution is -0.115. The average molecular weight is 383 g/mol. The van der Waals surface area contributed by atoms with Gasteiger partial charge in [-0.25, -0.2) is 12.7 Å². The number of hydrogen-bond donors (Lipinski definition) is 1. The van der Waals surface area contributed by atoms with Crippen molar-refractivity contribution in [3.63, 3.8) is 0 Å². The van der Waals surface area contributed by atoms with Gasteiger partial charge in [0, 0.05) is 30.4 Å². The Morgan fingerprint density at radius 1 is 1.20 bits per heavy atom. The Bertz CT molecular complexity index is 882. The standard InChI is InChI=1S/C17H19ClN2O4S/c1-20(2)25(22,23)15-6-4-5-14(11-15)19-17(21)10-12-9-13(18)7-8-16(12)24-3/h4-9,11H,10H2,1-3H3,(H,19,21). The number of nitrogens with one attached hydrogen (secondary N) is 1. The molecule has 0 radical (unpaired) electrons. The predicted molar refractivity (Wildman–Crippen MR) is 97.7 cm³/mol. The van der Waals surface area contributed by atoms with Gasteiger partial charge in [-0.2, -0.15) is 0 Å². The first-order valence-electron chi connectivity index (χ1n) is 7.39. The van der Waals surface area contributed by atoms with Gasteiger partial charge in [-0.05, 0) is 36.4 Å². The Hall–Kier alpha value is -2.09. The molecule has 0 heterocycles. The number of ether oxygens (including phenoxy) is 1. The number of methoxy groups -OCH3 is 1. The van der Waals surface area contributed by atoms with Crippen LogP contribution >= 0.6 is 11.6 Å². The van der Waals surface area contributed by atoms with E-state index >= 15 is 0 Å². The van der Waals surface area contributed by atoms with Crippen molar-refractivity contribution in [1.82, 2.24) is 4.31 Å². The lowest BCUT2D eigenvalue weighted by Gasteiger charge is -2.13. The van der Waals surface area contributed by atoms with Crippen molar-refractivity contribution in [2.75, 3.05) is 26.5 Å². The summed E-state index contributed by atoms with van der Waals surface area (Å²) in [6, 6.07) is 11.1. The van der Waals surface area contributed by atoms with E-state index in [0.29, 0.717) is 22.0 Å². The van der Waals surface area contributed by atoms with E-state index < -0.39 is 10.0 Å². The monoisotopic (exact) mass is 382 g/mol. The van der Waals surface area contributed by atoms with Crippen molar-refractivity contribution in [3.8, 4) is 5.75 Å². The van der Waals surface area contributed by atoms with Crippen LogP contribution in [0, 0.1) is 0 Å². The summed E-state index contributed by atoms with van der Waals surface area (Å²) in [6.45, 7) is 0. The highest BCUT2D eigenvalue weighted by atomic mass is 35.5. The highest BCUT2D eigenvalue weighted by molar-refractivity contribution is 7.89. The Labute approximate surface area is 152 Å². The number of hydrogen-bond acceptors (Lipinski definition) is 4. The molecule has 2 aromatic carbocycles. The number of sulfonamides is 1. The lowest BCUT2D eigenvalue weighted by Crippen LogP contribution is -2.22. The molecule has 0 aliphatic heterocycles. The van der Waals surface area contributed by atoms with Crippen LogP contribution in [0.2, 0.25) is 5.02 Å². The number of halogens is 1. The minimum atomic E-state index is -3.57. The maximum Gasteiger partial charge on any atom is 0.242 e. The summed E-state index contributed by atoms with van der Waals surface area (Å²) < 4.78 is 30.7. The molecule has 0 atom stereocenters. The van der Waals surface area contributed by atoms with Gasteiger partial charge in [-0.3, -0.25) is 4.79 Å². The zero-order valence-corrected chi connectivity index (χ0v) is 15.7. The van der Waals surface area contributed by atoms with Gasteiger partial charge in [0.05, 0.1) is 18.4 Å². The zero-order valence-electron chi connectivity index (χ0n) is 14.1. The molecule has 0 bridgehead atoms. The summed E-state index contributed by atoms with van der Waals surface area (Å²) in [5.41, 5.74) is 1.04. The molecule has 134 valence electrons. The SMILES string of the molecule is COc1ccc(Cl)cc1CC(=O)Nc1cccc(S(=O)(=O)N(C)C)c1. The van der Waals surface area contributed by atoms with Gasteiger partial charge in [0.15, 0.2) is 0 Å². The zero-order chi connectivity index (χ0) is 18.6. The molecule has 1 amide bonds. The van der Waals surface area contributed by atoms with Gasteiger partial charge in [-0.1, -0.05) is 17.7 Å². The fraction of sp³-hybridized carbons (Fsp3) is 0.235. The molecule has 1 N–H and O–H groups in total. The molecule has 0 fully saturated rings. The maximum atomic E-state index is 12.3. The van der Waals surface area contributed by atoms with Gasteiger partial charge in [0.25, 0.3) is 0 Å².